The number of fused-ring (bicyclic) bond motifs is 1. The van der Waals surface area contributed by atoms with Gasteiger partial charge in [-0.25, -0.2) is 4.79 Å². The number of esters is 1. The molecule has 0 saturated carbocycles. The molecular formula is C24H24N2O6. The normalized spacial score (nSPS) is 14.5. The molecule has 0 aliphatic carbocycles. The fraction of sp³-hybridized carbons (Fsp3) is 0.250. The third kappa shape index (κ3) is 3.24. The standard InChI is InChI=1S/C24H24N2O6/c1-12-18(24(28)32-5)20(19-14-8-6-7-9-15(14)26-23(19)27)21(25-12)13-10-16(29-2)22(31-4)17(11-13)30-3/h6-11,19,25H,1-5H3,(H,26,27). The van der Waals surface area contributed by atoms with Crippen molar-refractivity contribution in [2.24, 2.45) is 0 Å². The number of aryl methyl sites for hydroxylation is 1. The van der Waals surface area contributed by atoms with E-state index in [9.17, 15) is 9.59 Å². The second-order valence-electron chi connectivity index (χ2n) is 7.33. The molecule has 2 N–H and O–H groups in total. The lowest BCUT2D eigenvalue weighted by Crippen LogP contribution is -2.17. The summed E-state index contributed by atoms with van der Waals surface area (Å²) in [4.78, 5) is 29.1. The third-order valence-electron chi connectivity index (χ3n) is 5.65. The monoisotopic (exact) mass is 436 g/mol. The number of para-hydroxylation sites is 1. The molecule has 1 aliphatic heterocycles. The van der Waals surface area contributed by atoms with E-state index in [2.05, 4.69) is 10.3 Å². The minimum atomic E-state index is -0.695. The van der Waals surface area contributed by atoms with Gasteiger partial charge in [-0.1, -0.05) is 18.2 Å². The van der Waals surface area contributed by atoms with Crippen LogP contribution in [0.4, 0.5) is 5.69 Å². The number of aromatic amines is 1. The first-order valence-corrected chi connectivity index (χ1v) is 9.96. The molecule has 0 radical (unpaired) electrons. The van der Waals surface area contributed by atoms with Gasteiger partial charge in [0.2, 0.25) is 11.7 Å². The molecule has 8 heteroatoms. The van der Waals surface area contributed by atoms with Crippen molar-refractivity contribution >= 4 is 17.6 Å². The molecule has 1 atom stereocenters. The second-order valence-corrected chi connectivity index (χ2v) is 7.33. The van der Waals surface area contributed by atoms with Crippen LogP contribution in [-0.4, -0.2) is 45.3 Å². The lowest BCUT2D eigenvalue weighted by molar-refractivity contribution is -0.116. The van der Waals surface area contributed by atoms with E-state index >= 15 is 0 Å². The van der Waals surface area contributed by atoms with Crippen LogP contribution in [0.25, 0.3) is 11.3 Å². The third-order valence-corrected chi connectivity index (χ3v) is 5.65. The first-order valence-electron chi connectivity index (χ1n) is 9.96. The molecule has 0 fully saturated rings. The number of methoxy groups -OCH3 is 4. The minimum Gasteiger partial charge on any atom is -0.493 e. The van der Waals surface area contributed by atoms with Gasteiger partial charge in [-0.15, -0.1) is 0 Å². The predicted octanol–water partition coefficient (Wildman–Crippen LogP) is 3.89. The van der Waals surface area contributed by atoms with Crippen LogP contribution in [0, 0.1) is 6.92 Å². The van der Waals surface area contributed by atoms with Crippen LogP contribution in [0.3, 0.4) is 0 Å². The Hall–Kier alpha value is -3.94. The van der Waals surface area contributed by atoms with E-state index in [-0.39, 0.29) is 5.91 Å². The van der Waals surface area contributed by atoms with Crippen LogP contribution in [0.15, 0.2) is 36.4 Å². The van der Waals surface area contributed by atoms with E-state index in [0.717, 1.165) is 5.56 Å². The molecule has 2 aromatic carbocycles. The van der Waals surface area contributed by atoms with E-state index < -0.39 is 11.9 Å². The first kappa shape index (κ1) is 21.3. The van der Waals surface area contributed by atoms with Gasteiger partial charge < -0.3 is 29.2 Å². The molecule has 8 nitrogen and oxygen atoms in total. The van der Waals surface area contributed by atoms with E-state index in [1.165, 1.54) is 28.4 Å². The van der Waals surface area contributed by atoms with Crippen molar-refractivity contribution in [2.75, 3.05) is 33.8 Å². The fourth-order valence-electron chi connectivity index (χ4n) is 4.25. The van der Waals surface area contributed by atoms with E-state index in [4.69, 9.17) is 18.9 Å². The molecule has 0 spiro atoms. The smallest absolute Gasteiger partial charge is 0.340 e. The highest BCUT2D eigenvalue weighted by Crippen LogP contribution is 2.47. The number of aromatic nitrogens is 1. The van der Waals surface area contributed by atoms with Crippen molar-refractivity contribution < 1.29 is 28.5 Å². The summed E-state index contributed by atoms with van der Waals surface area (Å²) in [7, 11) is 5.91. The first-order chi connectivity index (χ1) is 15.4. The molecule has 1 aromatic heterocycles. The minimum absolute atomic E-state index is 0.218. The summed E-state index contributed by atoms with van der Waals surface area (Å²) in [6.07, 6.45) is 0. The van der Waals surface area contributed by atoms with Gasteiger partial charge >= 0.3 is 5.97 Å². The summed E-state index contributed by atoms with van der Waals surface area (Å²) >= 11 is 0. The van der Waals surface area contributed by atoms with Crippen molar-refractivity contribution in [2.45, 2.75) is 12.8 Å². The van der Waals surface area contributed by atoms with Crippen molar-refractivity contribution in [3.05, 3.63) is 58.8 Å². The lowest BCUT2D eigenvalue weighted by atomic mass is 9.87. The number of carbonyl (C=O) groups excluding carboxylic acids is 2. The van der Waals surface area contributed by atoms with Crippen molar-refractivity contribution in [1.82, 2.24) is 4.98 Å². The Kier molecular flexibility index (Phi) is 5.52. The Balaban J connectivity index is 2.02. The van der Waals surface area contributed by atoms with Gasteiger partial charge in [0.15, 0.2) is 11.5 Å². The summed E-state index contributed by atoms with van der Waals surface area (Å²) in [6, 6.07) is 11.0. The SMILES string of the molecule is COC(=O)c1c(C)[nH]c(-c2cc(OC)c(OC)c(OC)c2)c1C1C(=O)Nc2ccccc21. The highest BCUT2D eigenvalue weighted by Gasteiger charge is 2.38. The maximum absolute atomic E-state index is 13.1. The van der Waals surface area contributed by atoms with Gasteiger partial charge in [0, 0.05) is 22.5 Å². The van der Waals surface area contributed by atoms with Crippen LogP contribution in [0.2, 0.25) is 0 Å². The van der Waals surface area contributed by atoms with Gasteiger partial charge in [-0.3, -0.25) is 4.79 Å². The van der Waals surface area contributed by atoms with Crippen LogP contribution < -0.4 is 19.5 Å². The highest BCUT2D eigenvalue weighted by molar-refractivity contribution is 6.08. The van der Waals surface area contributed by atoms with E-state index in [1.807, 2.05) is 24.3 Å². The molecular weight excluding hydrogens is 412 g/mol. The van der Waals surface area contributed by atoms with Crippen molar-refractivity contribution in [1.29, 1.82) is 0 Å². The van der Waals surface area contributed by atoms with Crippen LogP contribution >= 0.6 is 0 Å². The van der Waals surface area contributed by atoms with Crippen LogP contribution in [-0.2, 0) is 9.53 Å². The number of hydrogen-bond donors (Lipinski definition) is 2. The maximum atomic E-state index is 13.1. The average molecular weight is 436 g/mol. The molecule has 0 bridgehead atoms. The number of hydrogen-bond acceptors (Lipinski definition) is 6. The Morgan fingerprint density at radius 3 is 2.22 bits per heavy atom. The van der Waals surface area contributed by atoms with Gasteiger partial charge in [-0.05, 0) is 30.7 Å². The zero-order valence-electron chi connectivity index (χ0n) is 18.5. The molecule has 4 rings (SSSR count). The Bertz CT molecular complexity index is 1190. The number of anilines is 1. The molecule has 3 aromatic rings. The number of rotatable bonds is 6. The number of benzene rings is 2. The molecule has 2 heterocycles. The van der Waals surface area contributed by atoms with Gasteiger partial charge in [0.05, 0.1) is 45.6 Å². The predicted molar refractivity (Wildman–Crippen MR) is 119 cm³/mol. The molecule has 166 valence electrons. The van der Waals surface area contributed by atoms with E-state index in [1.54, 1.807) is 19.1 Å². The molecule has 1 amide bonds. The fourth-order valence-corrected chi connectivity index (χ4v) is 4.25. The van der Waals surface area contributed by atoms with Gasteiger partial charge in [-0.2, -0.15) is 0 Å². The summed E-state index contributed by atoms with van der Waals surface area (Å²) < 4.78 is 21.5. The van der Waals surface area contributed by atoms with E-state index in [0.29, 0.717) is 51.0 Å². The maximum Gasteiger partial charge on any atom is 0.340 e. The summed E-state index contributed by atoms with van der Waals surface area (Å²) in [5.41, 5.74) is 4.22. The summed E-state index contributed by atoms with van der Waals surface area (Å²) in [6.45, 7) is 1.77. The number of carbonyl (C=O) groups is 2. The molecule has 1 unspecified atom stereocenters. The summed E-state index contributed by atoms with van der Waals surface area (Å²) in [5.74, 6) is -0.0828. The zero-order chi connectivity index (χ0) is 23.0. The molecule has 1 aliphatic rings. The topological polar surface area (TPSA) is 98.9 Å². The van der Waals surface area contributed by atoms with Gasteiger partial charge in [0.25, 0.3) is 0 Å². The zero-order valence-corrected chi connectivity index (χ0v) is 18.5. The van der Waals surface area contributed by atoms with Crippen LogP contribution in [0.5, 0.6) is 17.2 Å². The Labute approximate surface area is 185 Å². The average Bonchev–Trinajstić information content (AvgIpc) is 3.32. The number of H-pyrrole nitrogens is 1. The number of amides is 1. The van der Waals surface area contributed by atoms with Crippen molar-refractivity contribution in [3.8, 4) is 28.5 Å². The second kappa shape index (κ2) is 8.30. The highest BCUT2D eigenvalue weighted by atomic mass is 16.5. The Morgan fingerprint density at radius 2 is 1.62 bits per heavy atom. The van der Waals surface area contributed by atoms with Crippen LogP contribution in [0.1, 0.15) is 33.1 Å². The Morgan fingerprint density at radius 1 is 0.969 bits per heavy atom. The molecule has 32 heavy (non-hydrogen) atoms. The quantitative estimate of drug-likeness (QED) is 0.569. The van der Waals surface area contributed by atoms with Gasteiger partial charge in [0.1, 0.15) is 0 Å². The molecule has 0 saturated heterocycles. The number of ether oxygens (including phenoxy) is 4. The number of nitrogens with one attached hydrogen (secondary N) is 2. The lowest BCUT2D eigenvalue weighted by Gasteiger charge is -2.16. The van der Waals surface area contributed by atoms with Crippen molar-refractivity contribution in [3.63, 3.8) is 0 Å². The largest absolute Gasteiger partial charge is 0.493 e. The summed E-state index contributed by atoms with van der Waals surface area (Å²) in [5, 5.41) is 2.91.